The molecule has 1 nitrogen and oxygen atoms in total. The summed E-state index contributed by atoms with van der Waals surface area (Å²) in [4.78, 5) is 12.9. The van der Waals surface area contributed by atoms with Gasteiger partial charge in [-0.3, -0.25) is 4.79 Å². The molecule has 2 aromatic carbocycles. The summed E-state index contributed by atoms with van der Waals surface area (Å²) in [6, 6.07) is 18.1. The van der Waals surface area contributed by atoms with Gasteiger partial charge in [0, 0.05) is 11.1 Å². The largest absolute Gasteiger partial charge is 0.289 e. The second-order valence-electron chi connectivity index (χ2n) is 5.56. The predicted molar refractivity (Wildman–Crippen MR) is 87.8 cm³/mol. The topological polar surface area (TPSA) is 17.1 Å². The Morgan fingerprint density at radius 3 is 1.86 bits per heavy atom. The van der Waals surface area contributed by atoms with Gasteiger partial charge in [0.05, 0.1) is 0 Å². The fourth-order valence-corrected chi connectivity index (χ4v) is 2.94. The lowest BCUT2D eigenvalue weighted by molar-refractivity contribution is -0.108. The highest BCUT2D eigenvalue weighted by Crippen LogP contribution is 2.39. The summed E-state index contributed by atoms with van der Waals surface area (Å²) in [5, 5.41) is 0. The number of carbonyl (C=O) groups excluding carboxylic acids is 1. The minimum absolute atomic E-state index is 0.141. The van der Waals surface area contributed by atoms with Crippen molar-refractivity contribution in [2.45, 2.75) is 20.8 Å². The van der Waals surface area contributed by atoms with Gasteiger partial charge >= 0.3 is 0 Å². The zero-order valence-electron chi connectivity index (χ0n) is 12.6. The Morgan fingerprint density at radius 2 is 1.24 bits per heavy atom. The molecule has 0 fully saturated rings. The first-order valence-electron chi connectivity index (χ1n) is 7.19. The third-order valence-electron chi connectivity index (χ3n) is 4.14. The zero-order valence-corrected chi connectivity index (χ0v) is 12.6. The zero-order chi connectivity index (χ0) is 15.0. The summed E-state index contributed by atoms with van der Waals surface area (Å²) in [5.74, 6) is 0.141. The van der Waals surface area contributed by atoms with Crippen LogP contribution in [0.4, 0.5) is 0 Å². The Morgan fingerprint density at radius 1 is 0.667 bits per heavy atom. The molecule has 1 aliphatic rings. The minimum Gasteiger partial charge on any atom is -0.289 e. The van der Waals surface area contributed by atoms with Crippen molar-refractivity contribution in [1.82, 2.24) is 0 Å². The fraction of sp³-hybridized carbons (Fsp3) is 0.150. The average molecular weight is 274 g/mol. The highest BCUT2D eigenvalue weighted by Gasteiger charge is 2.29. The van der Waals surface area contributed by atoms with Crippen molar-refractivity contribution in [3.05, 3.63) is 82.4 Å². The van der Waals surface area contributed by atoms with E-state index in [1.165, 1.54) is 5.56 Å². The van der Waals surface area contributed by atoms with Gasteiger partial charge in [-0.15, -0.1) is 0 Å². The van der Waals surface area contributed by atoms with Gasteiger partial charge in [0.1, 0.15) is 0 Å². The Kier molecular flexibility index (Phi) is 3.34. The van der Waals surface area contributed by atoms with E-state index in [0.29, 0.717) is 0 Å². The monoisotopic (exact) mass is 274 g/mol. The van der Waals surface area contributed by atoms with Gasteiger partial charge in [-0.05, 0) is 43.0 Å². The van der Waals surface area contributed by atoms with Crippen molar-refractivity contribution < 1.29 is 4.79 Å². The summed E-state index contributed by atoms with van der Waals surface area (Å²) in [6.07, 6.45) is 0. The molecule has 0 heterocycles. The number of aryl methyl sites for hydroxylation is 1. The van der Waals surface area contributed by atoms with Crippen LogP contribution in [-0.4, -0.2) is 5.78 Å². The second-order valence-corrected chi connectivity index (χ2v) is 5.56. The first kappa shape index (κ1) is 13.6. The molecule has 0 bridgehead atoms. The molecule has 0 spiro atoms. The lowest BCUT2D eigenvalue weighted by Crippen LogP contribution is -2.01. The highest BCUT2D eigenvalue weighted by molar-refractivity contribution is 6.46. The standard InChI is InChI=1S/C20H18O/c1-13-8-7-11-17(12-13)19-15(3)14(2)18(20(19)21)16-9-5-4-6-10-16/h4-12H,1-3H3. The Balaban J connectivity index is 2.11. The van der Waals surface area contributed by atoms with Crippen LogP contribution in [0.2, 0.25) is 0 Å². The van der Waals surface area contributed by atoms with Crippen LogP contribution in [0.3, 0.4) is 0 Å². The first-order chi connectivity index (χ1) is 10.1. The average Bonchev–Trinajstić information content (AvgIpc) is 2.70. The molecule has 0 aliphatic heterocycles. The highest BCUT2D eigenvalue weighted by atomic mass is 16.1. The van der Waals surface area contributed by atoms with Crippen LogP contribution in [0, 0.1) is 6.92 Å². The van der Waals surface area contributed by atoms with Crippen LogP contribution in [-0.2, 0) is 4.79 Å². The SMILES string of the molecule is CC1=C(c2ccccc2)C(=O)C(c2cccc(C)c2)=C1C. The van der Waals surface area contributed by atoms with Gasteiger partial charge in [-0.25, -0.2) is 0 Å². The van der Waals surface area contributed by atoms with Gasteiger partial charge in [-0.1, -0.05) is 60.2 Å². The molecule has 2 aromatic rings. The van der Waals surface area contributed by atoms with E-state index in [2.05, 4.69) is 19.1 Å². The molecule has 0 saturated heterocycles. The minimum atomic E-state index is 0.141. The fourth-order valence-electron chi connectivity index (χ4n) is 2.94. The summed E-state index contributed by atoms with van der Waals surface area (Å²) >= 11 is 0. The molecule has 0 saturated carbocycles. The molecule has 0 atom stereocenters. The van der Waals surface area contributed by atoms with Crippen LogP contribution < -0.4 is 0 Å². The van der Waals surface area contributed by atoms with Crippen LogP contribution in [0.5, 0.6) is 0 Å². The third kappa shape index (κ3) is 2.25. The molecule has 0 amide bonds. The van der Waals surface area contributed by atoms with E-state index in [9.17, 15) is 4.79 Å². The van der Waals surface area contributed by atoms with Crippen LogP contribution in [0.25, 0.3) is 11.1 Å². The van der Waals surface area contributed by atoms with Crippen LogP contribution in [0.1, 0.15) is 30.5 Å². The molecule has 1 heteroatoms. The molecule has 0 radical (unpaired) electrons. The van der Waals surface area contributed by atoms with E-state index in [4.69, 9.17) is 0 Å². The molecule has 0 aromatic heterocycles. The lowest BCUT2D eigenvalue weighted by Gasteiger charge is -2.06. The summed E-state index contributed by atoms with van der Waals surface area (Å²) in [5.41, 5.74) is 7.04. The van der Waals surface area contributed by atoms with Crippen LogP contribution >= 0.6 is 0 Å². The van der Waals surface area contributed by atoms with Gasteiger partial charge in [-0.2, -0.15) is 0 Å². The number of benzene rings is 2. The van der Waals surface area contributed by atoms with Crippen molar-refractivity contribution in [3.8, 4) is 0 Å². The van der Waals surface area contributed by atoms with Crippen molar-refractivity contribution in [1.29, 1.82) is 0 Å². The number of Topliss-reactive ketones (excluding diaryl/α,β-unsaturated/α-hetero) is 1. The Hall–Kier alpha value is -2.41. The lowest BCUT2D eigenvalue weighted by atomic mass is 9.96. The number of rotatable bonds is 2. The van der Waals surface area contributed by atoms with Crippen molar-refractivity contribution in [2.75, 3.05) is 0 Å². The van der Waals surface area contributed by atoms with E-state index in [0.717, 1.165) is 33.4 Å². The third-order valence-corrected chi connectivity index (χ3v) is 4.14. The first-order valence-corrected chi connectivity index (χ1v) is 7.19. The molecule has 1 aliphatic carbocycles. The number of allylic oxidation sites excluding steroid dienone is 4. The molecular weight excluding hydrogens is 256 g/mol. The maximum atomic E-state index is 12.9. The van der Waals surface area contributed by atoms with Gasteiger partial charge in [0.25, 0.3) is 0 Å². The van der Waals surface area contributed by atoms with Gasteiger partial charge < -0.3 is 0 Å². The van der Waals surface area contributed by atoms with E-state index in [-0.39, 0.29) is 5.78 Å². The summed E-state index contributed by atoms with van der Waals surface area (Å²) < 4.78 is 0. The van der Waals surface area contributed by atoms with E-state index < -0.39 is 0 Å². The Labute approximate surface area is 125 Å². The normalized spacial score (nSPS) is 15.1. The smallest absolute Gasteiger partial charge is 0.194 e. The van der Waals surface area contributed by atoms with Gasteiger partial charge in [0.15, 0.2) is 5.78 Å². The number of hydrogen-bond donors (Lipinski definition) is 0. The molecule has 3 rings (SSSR count). The molecule has 104 valence electrons. The van der Waals surface area contributed by atoms with E-state index in [1.54, 1.807) is 0 Å². The number of hydrogen-bond acceptors (Lipinski definition) is 1. The molecule has 0 N–H and O–H groups in total. The van der Waals surface area contributed by atoms with E-state index >= 15 is 0 Å². The number of carbonyl (C=O) groups is 1. The van der Waals surface area contributed by atoms with Crippen LogP contribution in [0.15, 0.2) is 65.7 Å². The molecular formula is C20H18O. The second kappa shape index (κ2) is 5.17. The maximum absolute atomic E-state index is 12.9. The van der Waals surface area contributed by atoms with E-state index in [1.807, 2.05) is 56.3 Å². The Bertz CT molecular complexity index is 776. The maximum Gasteiger partial charge on any atom is 0.194 e. The molecule has 21 heavy (non-hydrogen) atoms. The number of ketones is 1. The molecule has 0 unspecified atom stereocenters. The summed E-state index contributed by atoms with van der Waals surface area (Å²) in [7, 11) is 0. The summed E-state index contributed by atoms with van der Waals surface area (Å²) in [6.45, 7) is 6.14. The van der Waals surface area contributed by atoms with Crippen molar-refractivity contribution in [2.24, 2.45) is 0 Å². The van der Waals surface area contributed by atoms with Gasteiger partial charge in [0.2, 0.25) is 0 Å². The van der Waals surface area contributed by atoms with Crippen molar-refractivity contribution in [3.63, 3.8) is 0 Å². The quantitative estimate of drug-likeness (QED) is 0.767. The predicted octanol–water partition coefficient (Wildman–Crippen LogP) is 4.82. The van der Waals surface area contributed by atoms with Crippen molar-refractivity contribution >= 4 is 16.9 Å².